The van der Waals surface area contributed by atoms with Crippen LogP contribution in [0, 0.1) is 0 Å². The Balaban J connectivity index is 3.94. The molecule has 0 aliphatic heterocycles. The number of thiol groups is 1. The summed E-state index contributed by atoms with van der Waals surface area (Å²) in [4.78, 5) is 42.1. The lowest BCUT2D eigenvalue weighted by molar-refractivity contribution is -0.158. The first-order valence-electron chi connectivity index (χ1n) is 4.27. The number of hydrogen-bond acceptors (Lipinski definition) is 7. The largest absolute Gasteiger partial charge is 0.479 e. The number of carbonyl (C=O) groups excluding carboxylic acids is 2. The van der Waals surface area contributed by atoms with Crippen molar-refractivity contribution < 1.29 is 38.9 Å². The van der Waals surface area contributed by atoms with Crippen LogP contribution in [-0.4, -0.2) is 52.6 Å². The van der Waals surface area contributed by atoms with E-state index in [4.69, 9.17) is 10.2 Å². The molecule has 17 heavy (non-hydrogen) atoms. The van der Waals surface area contributed by atoms with E-state index in [2.05, 4.69) is 22.1 Å². The van der Waals surface area contributed by atoms with Crippen LogP contribution in [0.4, 0.5) is 0 Å². The highest BCUT2D eigenvalue weighted by Crippen LogP contribution is 2.05. The minimum Gasteiger partial charge on any atom is -0.479 e. The van der Waals surface area contributed by atoms with Crippen molar-refractivity contribution in [3.8, 4) is 0 Å². The van der Waals surface area contributed by atoms with Gasteiger partial charge in [0.25, 0.3) is 0 Å². The molecule has 8 nitrogen and oxygen atoms in total. The van der Waals surface area contributed by atoms with Gasteiger partial charge < -0.3 is 19.7 Å². The number of ether oxygens (including phenoxy) is 2. The molecular formula is C8H10O8S. The summed E-state index contributed by atoms with van der Waals surface area (Å²) in [5.41, 5.74) is 0. The van der Waals surface area contributed by atoms with Gasteiger partial charge in [-0.3, -0.25) is 9.59 Å². The van der Waals surface area contributed by atoms with Gasteiger partial charge in [-0.05, 0) is 0 Å². The molecule has 2 N–H and O–H groups in total. The van der Waals surface area contributed by atoms with E-state index < -0.39 is 48.8 Å². The highest BCUT2D eigenvalue weighted by molar-refractivity contribution is 7.81. The van der Waals surface area contributed by atoms with Gasteiger partial charge in [-0.15, -0.1) is 0 Å². The Morgan fingerprint density at radius 2 is 1.47 bits per heavy atom. The lowest BCUT2D eigenvalue weighted by Gasteiger charge is -2.08. The Bertz CT molecular complexity index is 325. The Morgan fingerprint density at radius 3 is 1.94 bits per heavy atom. The maximum atomic E-state index is 11.0. The molecule has 0 aromatic carbocycles. The average molecular weight is 266 g/mol. The first kappa shape index (κ1) is 15.2. The Kier molecular flexibility index (Phi) is 6.71. The Morgan fingerprint density at radius 1 is 1.00 bits per heavy atom. The second kappa shape index (κ2) is 7.49. The molecule has 0 saturated carbocycles. The van der Waals surface area contributed by atoms with E-state index in [9.17, 15) is 19.2 Å². The molecule has 0 fully saturated rings. The predicted octanol–water partition coefficient (Wildman–Crippen LogP) is -1.07. The number of esters is 2. The summed E-state index contributed by atoms with van der Waals surface area (Å²) in [6.45, 7) is -1.65. The maximum absolute atomic E-state index is 11.0. The van der Waals surface area contributed by atoms with Crippen molar-refractivity contribution in [1.29, 1.82) is 0 Å². The van der Waals surface area contributed by atoms with Crippen molar-refractivity contribution in [2.45, 2.75) is 11.7 Å². The molecule has 0 saturated heterocycles. The molecule has 0 heterocycles. The van der Waals surface area contributed by atoms with Crippen LogP contribution in [0.15, 0.2) is 0 Å². The lowest BCUT2D eigenvalue weighted by Crippen LogP contribution is -2.25. The van der Waals surface area contributed by atoms with E-state index >= 15 is 0 Å². The molecule has 0 aliphatic rings. The minimum absolute atomic E-state index is 0.505. The Hall–Kier alpha value is -1.77. The quantitative estimate of drug-likeness (QED) is 0.392. The molecule has 0 radical (unpaired) electrons. The van der Waals surface area contributed by atoms with E-state index in [1.54, 1.807) is 0 Å². The van der Waals surface area contributed by atoms with Crippen LogP contribution in [0.3, 0.4) is 0 Å². The van der Waals surface area contributed by atoms with Gasteiger partial charge >= 0.3 is 23.9 Å². The predicted molar refractivity (Wildman–Crippen MR) is 54.6 cm³/mol. The summed E-state index contributed by atoms with van der Waals surface area (Å²) in [6.07, 6.45) is -0.505. The fourth-order valence-corrected chi connectivity index (χ4v) is 0.895. The number of carboxylic acid groups (broad SMARTS) is 2. The van der Waals surface area contributed by atoms with E-state index in [1.165, 1.54) is 0 Å². The molecule has 0 aliphatic carbocycles. The third kappa shape index (κ3) is 8.08. The van der Waals surface area contributed by atoms with Crippen LogP contribution in [0.5, 0.6) is 0 Å². The minimum atomic E-state index is -1.34. The van der Waals surface area contributed by atoms with E-state index in [0.717, 1.165) is 0 Å². The molecule has 1 atom stereocenters. The van der Waals surface area contributed by atoms with Gasteiger partial charge in [0.2, 0.25) is 0 Å². The highest BCUT2D eigenvalue weighted by atomic mass is 32.1. The van der Waals surface area contributed by atoms with E-state index in [1.807, 2.05) is 0 Å². The van der Waals surface area contributed by atoms with Crippen LogP contribution >= 0.6 is 12.6 Å². The number of aliphatic carboxylic acids is 2. The number of carboxylic acids is 2. The first-order valence-corrected chi connectivity index (χ1v) is 4.78. The summed E-state index contributed by atoms with van der Waals surface area (Å²) >= 11 is 3.70. The number of rotatable bonds is 7. The van der Waals surface area contributed by atoms with Crippen LogP contribution in [0.1, 0.15) is 6.42 Å². The molecule has 1 unspecified atom stereocenters. The first-order chi connectivity index (χ1) is 7.82. The van der Waals surface area contributed by atoms with Crippen LogP contribution in [0.25, 0.3) is 0 Å². The summed E-state index contributed by atoms with van der Waals surface area (Å²) in [6, 6.07) is 0. The smallest absolute Gasteiger partial charge is 0.341 e. The van der Waals surface area contributed by atoms with Gasteiger partial charge in [0, 0.05) is 0 Å². The van der Waals surface area contributed by atoms with Crippen molar-refractivity contribution in [3.63, 3.8) is 0 Å². The molecule has 0 aromatic rings. The van der Waals surface area contributed by atoms with Crippen molar-refractivity contribution in [2.75, 3.05) is 13.2 Å². The molecule has 96 valence electrons. The van der Waals surface area contributed by atoms with Crippen LogP contribution in [0.2, 0.25) is 0 Å². The van der Waals surface area contributed by atoms with Gasteiger partial charge in [0.05, 0.1) is 6.42 Å². The summed E-state index contributed by atoms with van der Waals surface area (Å²) in [5.74, 6) is -4.61. The fourth-order valence-electron chi connectivity index (χ4n) is 0.671. The molecule has 0 rings (SSSR count). The SMILES string of the molecule is O=C(O)COC(=O)CC(S)C(=O)OCC(=O)O. The summed E-state index contributed by atoms with van der Waals surface area (Å²) in [5, 5.41) is 15.2. The number of carbonyl (C=O) groups is 4. The maximum Gasteiger partial charge on any atom is 0.341 e. The monoisotopic (exact) mass is 266 g/mol. The zero-order valence-corrected chi connectivity index (χ0v) is 9.38. The van der Waals surface area contributed by atoms with Crippen molar-refractivity contribution in [3.05, 3.63) is 0 Å². The van der Waals surface area contributed by atoms with Gasteiger partial charge in [-0.25, -0.2) is 9.59 Å². The van der Waals surface area contributed by atoms with Gasteiger partial charge in [-0.2, -0.15) is 12.6 Å². The second-order valence-electron chi connectivity index (χ2n) is 2.78. The normalized spacial score (nSPS) is 11.4. The molecule has 9 heteroatoms. The van der Waals surface area contributed by atoms with Crippen LogP contribution < -0.4 is 0 Å². The van der Waals surface area contributed by atoms with Gasteiger partial charge in [0.1, 0.15) is 5.25 Å². The van der Waals surface area contributed by atoms with Crippen molar-refractivity contribution >= 4 is 36.5 Å². The van der Waals surface area contributed by atoms with Crippen molar-refractivity contribution in [1.82, 2.24) is 0 Å². The highest BCUT2D eigenvalue weighted by Gasteiger charge is 2.21. The summed E-state index contributed by atoms with van der Waals surface area (Å²) < 4.78 is 8.49. The fraction of sp³-hybridized carbons (Fsp3) is 0.500. The van der Waals surface area contributed by atoms with E-state index in [0.29, 0.717) is 0 Å². The summed E-state index contributed by atoms with van der Waals surface area (Å²) in [7, 11) is 0. The topological polar surface area (TPSA) is 127 Å². The third-order valence-corrected chi connectivity index (χ3v) is 1.72. The lowest BCUT2D eigenvalue weighted by atomic mass is 10.3. The van der Waals surface area contributed by atoms with Gasteiger partial charge in [-0.1, -0.05) is 0 Å². The van der Waals surface area contributed by atoms with Gasteiger partial charge in [0.15, 0.2) is 13.2 Å². The molecular weight excluding hydrogens is 256 g/mol. The molecule has 0 spiro atoms. The zero-order valence-electron chi connectivity index (χ0n) is 8.49. The second-order valence-corrected chi connectivity index (χ2v) is 3.40. The molecule has 0 amide bonds. The standard InChI is InChI=1S/C8H10O8S/c9-5(10)2-15-7(13)1-4(17)8(14)16-3-6(11)12/h4,17H,1-3H2,(H,9,10)(H,11,12). The average Bonchev–Trinajstić information content (AvgIpc) is 2.22. The van der Waals surface area contributed by atoms with Crippen molar-refractivity contribution in [2.24, 2.45) is 0 Å². The molecule has 0 aromatic heterocycles. The Labute approximate surface area is 101 Å². The third-order valence-electron chi connectivity index (χ3n) is 1.33. The zero-order chi connectivity index (χ0) is 13.4. The van der Waals surface area contributed by atoms with E-state index in [-0.39, 0.29) is 0 Å². The molecule has 0 bridgehead atoms. The van der Waals surface area contributed by atoms with Crippen LogP contribution in [-0.2, 0) is 28.7 Å². The number of hydrogen-bond donors (Lipinski definition) is 3.